The zero-order valence-electron chi connectivity index (χ0n) is 11.0. The van der Waals surface area contributed by atoms with Gasteiger partial charge >= 0.3 is 5.97 Å². The normalized spacial score (nSPS) is 26.6. The Morgan fingerprint density at radius 3 is 2.65 bits per heavy atom. The Bertz CT molecular complexity index is 556. The molecule has 2 unspecified atom stereocenters. The molecule has 1 aliphatic carbocycles. The Hall–Kier alpha value is -1.91. The predicted octanol–water partition coefficient (Wildman–Crippen LogP) is 2.35. The number of piperidine rings is 1. The summed E-state index contributed by atoms with van der Waals surface area (Å²) in [7, 11) is 0. The minimum absolute atomic E-state index is 0.0146. The molecule has 1 heterocycles. The van der Waals surface area contributed by atoms with Gasteiger partial charge in [-0.15, -0.1) is 0 Å². The van der Waals surface area contributed by atoms with E-state index in [1.54, 1.807) is 17.0 Å². The quantitative estimate of drug-likeness (QED) is 0.922. The van der Waals surface area contributed by atoms with E-state index >= 15 is 0 Å². The lowest BCUT2D eigenvalue weighted by Crippen LogP contribution is -2.46. The smallest absolute Gasteiger partial charge is 0.308 e. The molecular weight excluding hydrogens is 261 g/mol. The molecule has 0 aromatic heterocycles. The molecule has 2 aliphatic rings. The van der Waals surface area contributed by atoms with Crippen molar-refractivity contribution in [3.05, 3.63) is 35.6 Å². The van der Waals surface area contributed by atoms with Crippen LogP contribution >= 0.6 is 0 Å². The van der Waals surface area contributed by atoms with Crippen LogP contribution in [0.3, 0.4) is 0 Å². The van der Waals surface area contributed by atoms with Crippen LogP contribution in [0.15, 0.2) is 24.3 Å². The van der Waals surface area contributed by atoms with Crippen LogP contribution in [-0.2, 0) is 9.59 Å². The number of likely N-dealkylation sites (tertiary alicyclic amines) is 1. The first-order valence-electron chi connectivity index (χ1n) is 6.87. The first-order valence-corrected chi connectivity index (χ1v) is 6.87. The van der Waals surface area contributed by atoms with Crippen LogP contribution in [0.1, 0.15) is 37.3 Å². The number of carbonyl (C=O) groups is 2. The zero-order chi connectivity index (χ0) is 14.3. The Labute approximate surface area is 116 Å². The van der Waals surface area contributed by atoms with E-state index in [-0.39, 0.29) is 18.4 Å². The Morgan fingerprint density at radius 1 is 1.30 bits per heavy atom. The molecule has 1 N–H and O–H groups in total. The van der Waals surface area contributed by atoms with E-state index in [1.165, 1.54) is 12.1 Å². The number of halogens is 1. The summed E-state index contributed by atoms with van der Waals surface area (Å²) in [5, 5.41) is 9.41. The highest BCUT2D eigenvalue weighted by Gasteiger charge is 2.46. The van der Waals surface area contributed by atoms with Crippen molar-refractivity contribution in [1.29, 1.82) is 0 Å². The summed E-state index contributed by atoms with van der Waals surface area (Å²) in [5.74, 6) is -1.99. The second-order valence-corrected chi connectivity index (χ2v) is 5.52. The molecule has 1 aliphatic heterocycles. The lowest BCUT2D eigenvalue weighted by Gasteiger charge is -2.40. The van der Waals surface area contributed by atoms with Gasteiger partial charge in [-0.05, 0) is 37.0 Å². The molecule has 1 aromatic rings. The van der Waals surface area contributed by atoms with E-state index in [0.29, 0.717) is 12.0 Å². The predicted molar refractivity (Wildman–Crippen MR) is 69.4 cm³/mol. The van der Waals surface area contributed by atoms with Gasteiger partial charge in [0.1, 0.15) is 5.82 Å². The Balaban J connectivity index is 2.02. The van der Waals surface area contributed by atoms with Crippen molar-refractivity contribution >= 4 is 11.9 Å². The lowest BCUT2D eigenvalue weighted by atomic mass is 9.84. The number of rotatable bonds is 3. The van der Waals surface area contributed by atoms with Crippen molar-refractivity contribution < 1.29 is 19.1 Å². The van der Waals surface area contributed by atoms with E-state index in [0.717, 1.165) is 12.8 Å². The van der Waals surface area contributed by atoms with Crippen LogP contribution in [0.4, 0.5) is 4.39 Å². The number of amides is 1. The van der Waals surface area contributed by atoms with Crippen molar-refractivity contribution in [3.63, 3.8) is 0 Å². The zero-order valence-corrected chi connectivity index (χ0v) is 11.0. The summed E-state index contributed by atoms with van der Waals surface area (Å²) in [5.41, 5.74) is 0.581. The molecular formula is C15H16FNO3. The van der Waals surface area contributed by atoms with Gasteiger partial charge in [-0.1, -0.05) is 12.1 Å². The average Bonchev–Trinajstić information content (AvgIpc) is 3.22. The van der Waals surface area contributed by atoms with Crippen LogP contribution in [0.5, 0.6) is 0 Å². The second-order valence-electron chi connectivity index (χ2n) is 5.52. The van der Waals surface area contributed by atoms with Gasteiger partial charge in [0.2, 0.25) is 5.91 Å². The van der Waals surface area contributed by atoms with Crippen molar-refractivity contribution in [2.75, 3.05) is 0 Å². The van der Waals surface area contributed by atoms with Crippen LogP contribution < -0.4 is 0 Å². The summed E-state index contributed by atoms with van der Waals surface area (Å²) in [6.45, 7) is 0. The third-order valence-electron chi connectivity index (χ3n) is 4.09. The van der Waals surface area contributed by atoms with Crippen molar-refractivity contribution in [3.8, 4) is 0 Å². The fourth-order valence-corrected chi connectivity index (χ4v) is 3.04. The summed E-state index contributed by atoms with van der Waals surface area (Å²) in [6, 6.07) is 5.51. The first kappa shape index (κ1) is 13.1. The summed E-state index contributed by atoms with van der Waals surface area (Å²) in [4.78, 5) is 25.3. The maximum absolute atomic E-state index is 13.4. The van der Waals surface area contributed by atoms with E-state index in [9.17, 15) is 19.1 Å². The number of hydrogen-bond donors (Lipinski definition) is 1. The highest BCUT2D eigenvalue weighted by Crippen LogP contribution is 2.43. The van der Waals surface area contributed by atoms with Gasteiger partial charge in [0.05, 0.1) is 12.0 Å². The molecule has 1 saturated carbocycles. The molecule has 5 heteroatoms. The lowest BCUT2D eigenvalue weighted by molar-refractivity contribution is -0.152. The fraction of sp³-hybridized carbons (Fsp3) is 0.467. The van der Waals surface area contributed by atoms with Gasteiger partial charge in [0.15, 0.2) is 0 Å². The summed E-state index contributed by atoms with van der Waals surface area (Å²) < 4.78 is 13.4. The molecule has 0 radical (unpaired) electrons. The number of hydrogen-bond acceptors (Lipinski definition) is 2. The molecule has 0 bridgehead atoms. The minimum atomic E-state index is -0.919. The number of carbonyl (C=O) groups excluding carboxylic acids is 1. The van der Waals surface area contributed by atoms with E-state index in [2.05, 4.69) is 0 Å². The maximum atomic E-state index is 13.4. The Morgan fingerprint density at radius 2 is 2.05 bits per heavy atom. The van der Waals surface area contributed by atoms with Gasteiger partial charge in [0, 0.05) is 12.5 Å². The SMILES string of the molecule is O=C(O)C1CCC(=O)N(C2CC2)C1c1cccc(F)c1. The molecule has 4 nitrogen and oxygen atoms in total. The average molecular weight is 277 g/mol. The van der Waals surface area contributed by atoms with E-state index < -0.39 is 23.7 Å². The van der Waals surface area contributed by atoms with Crippen molar-refractivity contribution in [1.82, 2.24) is 4.90 Å². The topological polar surface area (TPSA) is 57.6 Å². The number of aliphatic carboxylic acids is 1. The summed E-state index contributed by atoms with van der Waals surface area (Å²) in [6.07, 6.45) is 2.39. The minimum Gasteiger partial charge on any atom is -0.481 e. The molecule has 20 heavy (non-hydrogen) atoms. The highest BCUT2D eigenvalue weighted by atomic mass is 19.1. The third kappa shape index (κ3) is 2.28. The van der Waals surface area contributed by atoms with Crippen molar-refractivity contribution in [2.45, 2.75) is 37.8 Å². The number of benzene rings is 1. The summed E-state index contributed by atoms with van der Waals surface area (Å²) >= 11 is 0. The third-order valence-corrected chi connectivity index (χ3v) is 4.09. The molecule has 2 atom stereocenters. The van der Waals surface area contributed by atoms with Crippen LogP contribution in [0, 0.1) is 11.7 Å². The van der Waals surface area contributed by atoms with Crippen molar-refractivity contribution in [2.24, 2.45) is 5.92 Å². The van der Waals surface area contributed by atoms with E-state index in [4.69, 9.17) is 0 Å². The Kier molecular flexibility index (Phi) is 3.20. The van der Waals surface area contributed by atoms with Crippen LogP contribution in [0.2, 0.25) is 0 Å². The van der Waals surface area contributed by atoms with E-state index in [1.807, 2.05) is 0 Å². The van der Waals surface area contributed by atoms with Gasteiger partial charge in [0.25, 0.3) is 0 Å². The molecule has 3 rings (SSSR count). The second kappa shape index (κ2) is 4.89. The first-order chi connectivity index (χ1) is 9.58. The standard InChI is InChI=1S/C15H16FNO3/c16-10-3-1-2-9(8-10)14-12(15(19)20)6-7-13(18)17(14)11-4-5-11/h1-3,8,11-12,14H,4-7H2,(H,19,20). The molecule has 1 aromatic carbocycles. The molecule has 2 fully saturated rings. The number of carboxylic acid groups (broad SMARTS) is 1. The molecule has 106 valence electrons. The van der Waals surface area contributed by atoms with Crippen LogP contribution in [0.25, 0.3) is 0 Å². The van der Waals surface area contributed by atoms with Gasteiger partial charge in [-0.25, -0.2) is 4.39 Å². The number of nitrogens with zero attached hydrogens (tertiary/aromatic N) is 1. The van der Waals surface area contributed by atoms with Gasteiger partial charge in [-0.2, -0.15) is 0 Å². The maximum Gasteiger partial charge on any atom is 0.308 e. The molecule has 1 amide bonds. The largest absolute Gasteiger partial charge is 0.481 e. The highest BCUT2D eigenvalue weighted by molar-refractivity contribution is 5.82. The number of carboxylic acids is 1. The monoisotopic (exact) mass is 277 g/mol. The molecule has 1 saturated heterocycles. The van der Waals surface area contributed by atoms with Gasteiger partial charge < -0.3 is 10.0 Å². The van der Waals surface area contributed by atoms with Crippen LogP contribution in [-0.4, -0.2) is 27.9 Å². The van der Waals surface area contributed by atoms with Gasteiger partial charge in [-0.3, -0.25) is 9.59 Å². The fourth-order valence-electron chi connectivity index (χ4n) is 3.04. The molecule has 0 spiro atoms.